The number of carbonyl (C=O) groups excluding carboxylic acids is 1. The molecule has 0 bridgehead atoms. The molecule has 0 N–H and O–H groups in total. The third-order valence-electron chi connectivity index (χ3n) is 8.41. The molecular formula is C30H41NO4S2. The number of thioether (sulfide) groups is 2. The summed E-state index contributed by atoms with van der Waals surface area (Å²) in [4.78, 5) is 14.8. The maximum absolute atomic E-state index is 12.8. The van der Waals surface area contributed by atoms with Gasteiger partial charge in [-0.2, -0.15) is 5.26 Å². The van der Waals surface area contributed by atoms with Crippen molar-refractivity contribution in [3.63, 3.8) is 0 Å². The molecule has 0 spiro atoms. The molecule has 1 aromatic rings. The molecule has 2 fully saturated rings. The number of esters is 1. The average molecular weight is 544 g/mol. The second-order valence-corrected chi connectivity index (χ2v) is 13.8. The Morgan fingerprint density at radius 2 is 1.65 bits per heavy atom. The highest BCUT2D eigenvalue weighted by Crippen LogP contribution is 2.57. The molecule has 37 heavy (non-hydrogen) atoms. The molecule has 0 saturated heterocycles. The molecule has 4 rings (SSSR count). The number of hydrogen-bond acceptors (Lipinski definition) is 7. The molecular weight excluding hydrogens is 502 g/mol. The number of benzene rings is 1. The molecule has 0 amide bonds. The van der Waals surface area contributed by atoms with Crippen molar-refractivity contribution in [2.75, 3.05) is 13.7 Å². The average Bonchev–Trinajstić information content (AvgIpc) is 3.33. The van der Waals surface area contributed by atoms with Gasteiger partial charge in [0.15, 0.2) is 5.57 Å². The van der Waals surface area contributed by atoms with Crippen LogP contribution < -0.4 is 4.74 Å². The fourth-order valence-corrected chi connectivity index (χ4v) is 8.26. The van der Waals surface area contributed by atoms with E-state index in [9.17, 15) is 10.1 Å². The van der Waals surface area contributed by atoms with Gasteiger partial charge in [-0.25, -0.2) is 4.79 Å². The Morgan fingerprint density at radius 3 is 2.27 bits per heavy atom. The van der Waals surface area contributed by atoms with Crippen molar-refractivity contribution in [2.45, 2.75) is 107 Å². The van der Waals surface area contributed by atoms with Gasteiger partial charge in [0.05, 0.1) is 27.4 Å². The van der Waals surface area contributed by atoms with Crippen molar-refractivity contribution in [1.29, 1.82) is 5.26 Å². The van der Waals surface area contributed by atoms with Crippen molar-refractivity contribution in [3.8, 4) is 11.8 Å². The topological polar surface area (TPSA) is 68.5 Å². The third kappa shape index (κ3) is 7.07. The quantitative estimate of drug-likeness (QED) is 0.187. The number of carbonyl (C=O) groups is 1. The Labute approximate surface area is 231 Å². The number of methoxy groups -OCH3 is 1. The Hall–Kier alpha value is -1.62. The molecule has 1 heterocycles. The normalized spacial score (nSPS) is 27.2. The Morgan fingerprint density at radius 1 is 1.03 bits per heavy atom. The fraction of sp³-hybridized carbons (Fsp3) is 0.667. The van der Waals surface area contributed by atoms with E-state index in [0.29, 0.717) is 10.7 Å². The van der Waals surface area contributed by atoms with E-state index >= 15 is 0 Å². The van der Waals surface area contributed by atoms with Gasteiger partial charge in [0.25, 0.3) is 0 Å². The van der Waals surface area contributed by atoms with Crippen LogP contribution in [0.5, 0.6) is 5.75 Å². The van der Waals surface area contributed by atoms with Crippen LogP contribution in [0.4, 0.5) is 0 Å². The van der Waals surface area contributed by atoms with E-state index in [1.807, 2.05) is 13.8 Å². The monoisotopic (exact) mass is 543 g/mol. The van der Waals surface area contributed by atoms with Crippen LogP contribution in [0.1, 0.15) is 84.1 Å². The fourth-order valence-electron chi connectivity index (χ4n) is 5.62. The number of fused-ring (bicyclic) bond motifs is 1. The highest BCUT2D eigenvalue weighted by molar-refractivity contribution is 8.24. The zero-order chi connectivity index (χ0) is 26.6. The highest BCUT2D eigenvalue weighted by Gasteiger charge is 2.33. The van der Waals surface area contributed by atoms with Crippen molar-refractivity contribution in [1.82, 2.24) is 0 Å². The van der Waals surface area contributed by atoms with Gasteiger partial charge in [-0.05, 0) is 88.7 Å². The molecule has 1 aliphatic heterocycles. The second kappa shape index (κ2) is 12.5. The van der Waals surface area contributed by atoms with Crippen molar-refractivity contribution >= 4 is 29.5 Å². The standard InChI is InChI=1S/C30H41NO4S2/c1-19-6-9-21(10-7-19)22-11-13-23(14-12-22)35-25-15-8-20(2)26-27(25)37-29(36-26)24(18-31)28(32)34-17-16-30(3,4)33-5/h8,15,19,21-23H,6-7,9-14,16-17H2,1-5H3/b29-24-. The third-order valence-corrected chi connectivity index (χ3v) is 11.2. The van der Waals surface area contributed by atoms with Crippen LogP contribution >= 0.6 is 23.5 Å². The maximum Gasteiger partial charge on any atom is 0.350 e. The number of aryl methyl sites for hydroxylation is 1. The summed E-state index contributed by atoms with van der Waals surface area (Å²) in [5.74, 6) is 2.96. The van der Waals surface area contributed by atoms with Crippen LogP contribution in [0.15, 0.2) is 31.7 Å². The van der Waals surface area contributed by atoms with Gasteiger partial charge in [-0.3, -0.25) is 0 Å². The Bertz CT molecular complexity index is 1040. The van der Waals surface area contributed by atoms with Gasteiger partial charge >= 0.3 is 5.97 Å². The van der Waals surface area contributed by atoms with Crippen LogP contribution in [-0.4, -0.2) is 31.4 Å². The summed E-state index contributed by atoms with van der Waals surface area (Å²) >= 11 is 2.94. The molecule has 2 aliphatic carbocycles. The summed E-state index contributed by atoms with van der Waals surface area (Å²) in [6.45, 7) is 8.54. The van der Waals surface area contributed by atoms with Gasteiger partial charge in [0.2, 0.25) is 0 Å². The first-order chi connectivity index (χ1) is 17.7. The molecule has 5 nitrogen and oxygen atoms in total. The molecule has 0 aromatic heterocycles. The van der Waals surface area contributed by atoms with Crippen molar-refractivity contribution < 1.29 is 19.0 Å². The lowest BCUT2D eigenvalue weighted by Gasteiger charge is -2.37. The van der Waals surface area contributed by atoms with E-state index in [2.05, 4.69) is 32.0 Å². The maximum atomic E-state index is 12.8. The SMILES string of the molecule is COC(C)(C)CCOC(=O)/C(C#N)=C1/Sc2c(C)ccc(OC3CCC(C4CCC(C)CC4)CC3)c2S1. The first-order valence-corrected chi connectivity index (χ1v) is 15.4. The number of hydrogen-bond donors (Lipinski definition) is 0. The van der Waals surface area contributed by atoms with Gasteiger partial charge in [0, 0.05) is 18.4 Å². The largest absolute Gasteiger partial charge is 0.489 e. The zero-order valence-corrected chi connectivity index (χ0v) is 24.6. The lowest BCUT2D eigenvalue weighted by molar-refractivity contribution is -0.140. The lowest BCUT2D eigenvalue weighted by Crippen LogP contribution is -2.29. The molecule has 0 radical (unpaired) electrons. The van der Waals surface area contributed by atoms with Gasteiger partial charge < -0.3 is 14.2 Å². The number of rotatable bonds is 8. The summed E-state index contributed by atoms with van der Waals surface area (Å²) in [5.41, 5.74) is 0.803. The zero-order valence-electron chi connectivity index (χ0n) is 22.9. The van der Waals surface area contributed by atoms with E-state index in [0.717, 1.165) is 51.7 Å². The minimum atomic E-state index is -0.576. The van der Waals surface area contributed by atoms with Crippen molar-refractivity contribution in [2.24, 2.45) is 17.8 Å². The van der Waals surface area contributed by atoms with Crippen LogP contribution in [0, 0.1) is 36.0 Å². The minimum Gasteiger partial charge on any atom is -0.489 e. The molecule has 2 saturated carbocycles. The van der Waals surface area contributed by atoms with Gasteiger partial charge in [0.1, 0.15) is 11.8 Å². The molecule has 202 valence electrons. The van der Waals surface area contributed by atoms with Crippen LogP contribution in [0.2, 0.25) is 0 Å². The Kier molecular flexibility index (Phi) is 9.58. The number of nitrogens with zero attached hydrogens (tertiary/aromatic N) is 1. The summed E-state index contributed by atoms with van der Waals surface area (Å²) in [7, 11) is 1.64. The number of nitriles is 1. The van der Waals surface area contributed by atoms with E-state index in [-0.39, 0.29) is 23.9 Å². The highest BCUT2D eigenvalue weighted by atomic mass is 32.2. The summed E-state index contributed by atoms with van der Waals surface area (Å²) in [5, 5.41) is 9.80. The van der Waals surface area contributed by atoms with Gasteiger partial charge in [-0.1, -0.05) is 49.4 Å². The molecule has 0 unspecified atom stereocenters. The summed E-state index contributed by atoms with van der Waals surface area (Å²) in [6, 6.07) is 6.22. The van der Waals surface area contributed by atoms with Gasteiger partial charge in [-0.15, -0.1) is 0 Å². The van der Waals surface area contributed by atoms with Crippen molar-refractivity contribution in [3.05, 3.63) is 27.5 Å². The smallest absolute Gasteiger partial charge is 0.350 e. The summed E-state index contributed by atoms with van der Waals surface area (Å²) < 4.78 is 18.1. The van der Waals surface area contributed by atoms with E-state index in [1.165, 1.54) is 62.0 Å². The predicted molar refractivity (Wildman–Crippen MR) is 150 cm³/mol. The first kappa shape index (κ1) is 28.4. The van der Waals surface area contributed by atoms with E-state index < -0.39 is 5.97 Å². The molecule has 0 atom stereocenters. The molecule has 3 aliphatic rings. The predicted octanol–water partition coefficient (Wildman–Crippen LogP) is 8.05. The van der Waals surface area contributed by atoms with Crippen LogP contribution in [0.3, 0.4) is 0 Å². The van der Waals surface area contributed by atoms with Crippen LogP contribution in [-0.2, 0) is 14.3 Å². The van der Waals surface area contributed by atoms with Crippen LogP contribution in [0.25, 0.3) is 0 Å². The minimum absolute atomic E-state index is 0.0640. The van der Waals surface area contributed by atoms with E-state index in [4.69, 9.17) is 14.2 Å². The summed E-state index contributed by atoms with van der Waals surface area (Å²) in [6.07, 6.45) is 11.1. The first-order valence-electron chi connectivity index (χ1n) is 13.7. The Balaban J connectivity index is 1.39. The molecule has 7 heteroatoms. The molecule has 1 aromatic carbocycles. The number of ether oxygens (including phenoxy) is 3. The lowest BCUT2D eigenvalue weighted by atomic mass is 9.71. The van der Waals surface area contributed by atoms with E-state index in [1.54, 1.807) is 7.11 Å². The second-order valence-electron chi connectivity index (χ2n) is 11.5.